The molecule has 0 fully saturated rings. The van der Waals surface area contributed by atoms with E-state index in [0.29, 0.717) is 0 Å². The van der Waals surface area contributed by atoms with Gasteiger partial charge in [0.05, 0.1) is 6.61 Å². The third kappa shape index (κ3) is 4.44. The topological polar surface area (TPSA) is 9.23 Å². The highest BCUT2D eigenvalue weighted by Gasteiger charge is 1.99. The predicted molar refractivity (Wildman–Crippen MR) is 59.1 cm³/mol. The predicted octanol–water partition coefficient (Wildman–Crippen LogP) is 3.38. The van der Waals surface area contributed by atoms with Crippen molar-refractivity contribution in [2.24, 2.45) is 0 Å². The Morgan fingerprint density at radius 2 is 2.00 bits per heavy atom. The lowest BCUT2D eigenvalue weighted by Gasteiger charge is -2.08. The third-order valence-corrected chi connectivity index (χ3v) is 2.77. The number of rotatable bonds is 5. The fourth-order valence-electron chi connectivity index (χ4n) is 1.07. The van der Waals surface area contributed by atoms with Crippen molar-refractivity contribution in [1.82, 2.24) is 0 Å². The molecule has 0 aliphatic rings. The normalized spacial score (nSPS) is 12.8. The van der Waals surface area contributed by atoms with Crippen molar-refractivity contribution < 1.29 is 4.74 Å². The molecule has 0 saturated heterocycles. The molecule has 0 aromatic heterocycles. The van der Waals surface area contributed by atoms with Crippen molar-refractivity contribution in [3.63, 3.8) is 0 Å². The zero-order valence-corrected chi connectivity index (χ0v) is 9.46. The fraction of sp³-hybridized carbons (Fsp3) is 0.455. The SMILES string of the molecule is CCC(Br)OCCc1ccccc1. The lowest BCUT2D eigenvalue weighted by Crippen LogP contribution is -2.05. The van der Waals surface area contributed by atoms with Crippen molar-refractivity contribution in [3.05, 3.63) is 35.9 Å². The molecule has 0 aliphatic carbocycles. The van der Waals surface area contributed by atoms with Gasteiger partial charge in [0.25, 0.3) is 0 Å². The van der Waals surface area contributed by atoms with E-state index in [1.54, 1.807) is 0 Å². The van der Waals surface area contributed by atoms with Crippen LogP contribution < -0.4 is 0 Å². The maximum atomic E-state index is 5.51. The van der Waals surface area contributed by atoms with Crippen LogP contribution >= 0.6 is 15.9 Å². The van der Waals surface area contributed by atoms with Gasteiger partial charge in [-0.3, -0.25) is 0 Å². The van der Waals surface area contributed by atoms with Crippen LogP contribution in [0.2, 0.25) is 0 Å². The Hall–Kier alpha value is -0.340. The highest BCUT2D eigenvalue weighted by Crippen LogP contribution is 2.07. The average Bonchev–Trinajstić information content (AvgIpc) is 2.19. The molecule has 0 aliphatic heterocycles. The minimum absolute atomic E-state index is 0.205. The molecule has 1 atom stereocenters. The standard InChI is InChI=1S/C11H15BrO/c1-2-11(12)13-9-8-10-6-4-3-5-7-10/h3-7,11H,2,8-9H2,1H3. The molecule has 2 heteroatoms. The van der Waals surface area contributed by atoms with Crippen molar-refractivity contribution in [2.75, 3.05) is 6.61 Å². The van der Waals surface area contributed by atoms with Gasteiger partial charge in [-0.2, -0.15) is 0 Å². The van der Waals surface area contributed by atoms with Gasteiger partial charge < -0.3 is 4.74 Å². The molecule has 13 heavy (non-hydrogen) atoms. The van der Waals surface area contributed by atoms with E-state index in [-0.39, 0.29) is 5.01 Å². The molecule has 0 saturated carbocycles. The smallest absolute Gasteiger partial charge is 0.112 e. The van der Waals surface area contributed by atoms with Crippen LogP contribution in [-0.4, -0.2) is 11.6 Å². The molecule has 0 bridgehead atoms. The summed E-state index contributed by atoms with van der Waals surface area (Å²) in [6.45, 7) is 2.88. The molecule has 1 aromatic rings. The van der Waals surface area contributed by atoms with E-state index in [2.05, 4.69) is 47.1 Å². The zero-order valence-electron chi connectivity index (χ0n) is 7.87. The molecule has 0 spiro atoms. The van der Waals surface area contributed by atoms with Gasteiger partial charge in [-0.15, -0.1) is 0 Å². The summed E-state index contributed by atoms with van der Waals surface area (Å²) in [5.41, 5.74) is 1.33. The molecule has 0 N–H and O–H groups in total. The lowest BCUT2D eigenvalue weighted by atomic mass is 10.2. The molecule has 1 aromatic carbocycles. The van der Waals surface area contributed by atoms with E-state index in [9.17, 15) is 0 Å². The first kappa shape index (κ1) is 10.7. The number of ether oxygens (including phenoxy) is 1. The number of hydrogen-bond donors (Lipinski definition) is 0. The average molecular weight is 243 g/mol. The first-order valence-corrected chi connectivity index (χ1v) is 5.54. The second-order valence-corrected chi connectivity index (χ2v) is 3.95. The summed E-state index contributed by atoms with van der Waals surface area (Å²) < 4.78 is 5.51. The van der Waals surface area contributed by atoms with Crippen molar-refractivity contribution in [1.29, 1.82) is 0 Å². The maximum Gasteiger partial charge on any atom is 0.112 e. The van der Waals surface area contributed by atoms with Crippen LogP contribution in [0.3, 0.4) is 0 Å². The van der Waals surface area contributed by atoms with E-state index >= 15 is 0 Å². The Balaban J connectivity index is 2.20. The Morgan fingerprint density at radius 3 is 2.62 bits per heavy atom. The number of halogens is 1. The van der Waals surface area contributed by atoms with E-state index in [0.717, 1.165) is 19.4 Å². The van der Waals surface area contributed by atoms with Crippen LogP contribution in [-0.2, 0) is 11.2 Å². The van der Waals surface area contributed by atoms with Crippen LogP contribution in [0, 0.1) is 0 Å². The van der Waals surface area contributed by atoms with Gasteiger partial charge in [-0.05, 0) is 18.4 Å². The molecule has 1 rings (SSSR count). The number of alkyl halides is 1. The van der Waals surface area contributed by atoms with Gasteiger partial charge >= 0.3 is 0 Å². The van der Waals surface area contributed by atoms with E-state index in [4.69, 9.17) is 4.74 Å². The highest BCUT2D eigenvalue weighted by molar-refractivity contribution is 9.09. The van der Waals surface area contributed by atoms with Gasteiger partial charge in [-0.25, -0.2) is 0 Å². The summed E-state index contributed by atoms with van der Waals surface area (Å²) in [4.78, 5) is 0. The van der Waals surface area contributed by atoms with E-state index < -0.39 is 0 Å². The molecule has 1 nitrogen and oxygen atoms in total. The van der Waals surface area contributed by atoms with E-state index in [1.165, 1.54) is 5.56 Å². The minimum Gasteiger partial charge on any atom is -0.367 e. The summed E-state index contributed by atoms with van der Waals surface area (Å²) >= 11 is 3.43. The van der Waals surface area contributed by atoms with Crippen LogP contribution in [0.4, 0.5) is 0 Å². The van der Waals surface area contributed by atoms with Gasteiger partial charge in [0.1, 0.15) is 5.01 Å². The number of hydrogen-bond acceptors (Lipinski definition) is 1. The summed E-state index contributed by atoms with van der Waals surface area (Å²) in [5, 5.41) is 0.205. The molecule has 0 amide bonds. The van der Waals surface area contributed by atoms with Crippen LogP contribution in [0.15, 0.2) is 30.3 Å². The van der Waals surface area contributed by atoms with Crippen LogP contribution in [0.25, 0.3) is 0 Å². The Labute approximate surface area is 88.2 Å². The quantitative estimate of drug-likeness (QED) is 0.720. The fourth-order valence-corrected chi connectivity index (χ4v) is 1.25. The summed E-state index contributed by atoms with van der Waals surface area (Å²) in [6, 6.07) is 10.4. The second kappa shape index (κ2) is 6.17. The lowest BCUT2D eigenvalue weighted by molar-refractivity contribution is 0.117. The minimum atomic E-state index is 0.205. The zero-order chi connectivity index (χ0) is 9.52. The molecular formula is C11H15BrO. The number of benzene rings is 1. The first-order chi connectivity index (χ1) is 6.33. The largest absolute Gasteiger partial charge is 0.367 e. The monoisotopic (exact) mass is 242 g/mol. The Bertz CT molecular complexity index is 223. The van der Waals surface area contributed by atoms with Gasteiger partial charge in [-0.1, -0.05) is 53.2 Å². The van der Waals surface area contributed by atoms with Crippen molar-refractivity contribution >= 4 is 15.9 Å². The van der Waals surface area contributed by atoms with Crippen LogP contribution in [0.5, 0.6) is 0 Å². The summed E-state index contributed by atoms with van der Waals surface area (Å²) in [6.07, 6.45) is 2.00. The maximum absolute atomic E-state index is 5.51. The molecular weight excluding hydrogens is 228 g/mol. The second-order valence-electron chi connectivity index (χ2n) is 2.92. The Kier molecular flexibility index (Phi) is 5.09. The van der Waals surface area contributed by atoms with Crippen LogP contribution in [0.1, 0.15) is 18.9 Å². The van der Waals surface area contributed by atoms with E-state index in [1.807, 2.05) is 6.07 Å². The first-order valence-electron chi connectivity index (χ1n) is 4.62. The van der Waals surface area contributed by atoms with Crippen molar-refractivity contribution in [3.8, 4) is 0 Å². The van der Waals surface area contributed by atoms with Crippen molar-refractivity contribution in [2.45, 2.75) is 24.8 Å². The van der Waals surface area contributed by atoms with Gasteiger partial charge in [0.2, 0.25) is 0 Å². The third-order valence-electron chi connectivity index (χ3n) is 1.85. The molecule has 72 valence electrons. The summed E-state index contributed by atoms with van der Waals surface area (Å²) in [7, 11) is 0. The molecule has 1 unspecified atom stereocenters. The molecule has 0 heterocycles. The Morgan fingerprint density at radius 1 is 1.31 bits per heavy atom. The molecule has 0 radical (unpaired) electrons. The van der Waals surface area contributed by atoms with Gasteiger partial charge in [0.15, 0.2) is 0 Å². The highest BCUT2D eigenvalue weighted by atomic mass is 79.9. The van der Waals surface area contributed by atoms with Gasteiger partial charge in [0, 0.05) is 0 Å². The summed E-state index contributed by atoms with van der Waals surface area (Å²) in [5.74, 6) is 0.